The van der Waals surface area contributed by atoms with Gasteiger partial charge in [0.05, 0.1) is 36.3 Å². The van der Waals surface area contributed by atoms with Crippen molar-refractivity contribution in [2.45, 2.75) is 45.8 Å². The zero-order chi connectivity index (χ0) is 16.6. The average Bonchev–Trinajstić information content (AvgIpc) is 3.20. The van der Waals surface area contributed by atoms with Crippen LogP contribution in [0.4, 0.5) is 0 Å². The Morgan fingerprint density at radius 3 is 2.74 bits per heavy atom. The number of rotatable bonds is 4. The summed E-state index contributed by atoms with van der Waals surface area (Å²) < 4.78 is 5.48. The van der Waals surface area contributed by atoms with Gasteiger partial charge in [-0.15, -0.1) is 0 Å². The molecule has 7 heteroatoms. The van der Waals surface area contributed by atoms with Crippen molar-refractivity contribution in [3.05, 3.63) is 34.9 Å². The third-order valence-corrected chi connectivity index (χ3v) is 4.63. The van der Waals surface area contributed by atoms with E-state index >= 15 is 0 Å². The van der Waals surface area contributed by atoms with Crippen molar-refractivity contribution >= 4 is 5.91 Å². The summed E-state index contributed by atoms with van der Waals surface area (Å²) >= 11 is 0. The molecule has 3 rings (SSSR count). The third-order valence-electron chi connectivity index (χ3n) is 4.63. The molecular weight excluding hydrogens is 294 g/mol. The highest BCUT2D eigenvalue weighted by Gasteiger charge is 2.38. The van der Waals surface area contributed by atoms with Crippen molar-refractivity contribution in [2.75, 3.05) is 13.7 Å². The number of aromatic amines is 2. The Bertz CT molecular complexity index is 686. The van der Waals surface area contributed by atoms with Crippen molar-refractivity contribution in [3.8, 4) is 0 Å². The molecule has 0 aromatic carbocycles. The molecule has 124 valence electrons. The molecule has 0 saturated carbocycles. The Morgan fingerprint density at radius 1 is 1.39 bits per heavy atom. The van der Waals surface area contributed by atoms with Crippen molar-refractivity contribution in [1.82, 2.24) is 24.8 Å². The minimum atomic E-state index is -0.0703. The first-order chi connectivity index (χ1) is 11.0. The van der Waals surface area contributed by atoms with Crippen LogP contribution in [-0.2, 0) is 16.0 Å². The van der Waals surface area contributed by atoms with Gasteiger partial charge >= 0.3 is 0 Å². The van der Waals surface area contributed by atoms with Crippen LogP contribution < -0.4 is 0 Å². The van der Waals surface area contributed by atoms with Gasteiger partial charge in [0.25, 0.3) is 0 Å². The maximum absolute atomic E-state index is 12.8. The SMILES string of the molecule is CO[C@@H]1C[C@@H](c2nc(C)c(C)[nH]2)N(C(=O)Cc2nc[nH]c2C)C1. The number of amides is 1. The maximum atomic E-state index is 12.8. The number of imidazole rings is 2. The molecule has 2 N–H and O–H groups in total. The molecule has 1 aliphatic heterocycles. The molecule has 1 fully saturated rings. The lowest BCUT2D eigenvalue weighted by atomic mass is 10.1. The highest BCUT2D eigenvalue weighted by molar-refractivity contribution is 5.79. The van der Waals surface area contributed by atoms with Gasteiger partial charge in [0.1, 0.15) is 5.82 Å². The average molecular weight is 317 g/mol. The van der Waals surface area contributed by atoms with Gasteiger partial charge in [-0.2, -0.15) is 0 Å². The van der Waals surface area contributed by atoms with E-state index in [1.807, 2.05) is 25.7 Å². The smallest absolute Gasteiger partial charge is 0.229 e. The summed E-state index contributed by atoms with van der Waals surface area (Å²) in [6.45, 7) is 6.47. The second kappa shape index (κ2) is 6.16. The molecule has 0 aliphatic carbocycles. The van der Waals surface area contributed by atoms with Crippen LogP contribution in [0.25, 0.3) is 0 Å². The van der Waals surface area contributed by atoms with E-state index in [1.54, 1.807) is 13.4 Å². The maximum Gasteiger partial charge on any atom is 0.229 e. The highest BCUT2D eigenvalue weighted by atomic mass is 16.5. The predicted octanol–water partition coefficient (Wildman–Crippen LogP) is 1.59. The summed E-state index contributed by atoms with van der Waals surface area (Å²) in [5.74, 6) is 0.892. The van der Waals surface area contributed by atoms with Crippen LogP contribution in [0.2, 0.25) is 0 Å². The number of aromatic nitrogens is 4. The van der Waals surface area contributed by atoms with Gasteiger partial charge in [0.15, 0.2) is 0 Å². The van der Waals surface area contributed by atoms with Gasteiger partial charge in [-0.1, -0.05) is 0 Å². The fourth-order valence-corrected chi connectivity index (χ4v) is 3.05. The number of carbonyl (C=O) groups is 1. The van der Waals surface area contributed by atoms with Crippen molar-refractivity contribution in [3.63, 3.8) is 0 Å². The summed E-state index contributed by atoms with van der Waals surface area (Å²) in [6.07, 6.45) is 2.71. The fourth-order valence-electron chi connectivity index (χ4n) is 3.05. The standard InChI is InChI=1S/C16H23N5O2/c1-9-10(2)20-16(19-9)14-5-12(23-4)7-21(14)15(22)6-13-11(3)17-8-18-13/h8,12,14H,5-7H2,1-4H3,(H,17,18)(H,19,20)/t12-,14+/m1/s1. The lowest BCUT2D eigenvalue weighted by Crippen LogP contribution is -2.33. The van der Waals surface area contributed by atoms with E-state index in [1.165, 1.54) is 0 Å². The van der Waals surface area contributed by atoms with Crippen LogP contribution in [0.15, 0.2) is 6.33 Å². The summed E-state index contributed by atoms with van der Waals surface area (Å²) in [7, 11) is 1.69. The van der Waals surface area contributed by atoms with Gasteiger partial charge < -0.3 is 19.6 Å². The number of methoxy groups -OCH3 is 1. The lowest BCUT2D eigenvalue weighted by Gasteiger charge is -2.22. The van der Waals surface area contributed by atoms with E-state index in [0.717, 1.165) is 35.0 Å². The minimum Gasteiger partial charge on any atom is -0.380 e. The van der Waals surface area contributed by atoms with E-state index in [9.17, 15) is 4.79 Å². The quantitative estimate of drug-likeness (QED) is 0.896. The summed E-state index contributed by atoms with van der Waals surface area (Å²) in [5.41, 5.74) is 3.73. The van der Waals surface area contributed by atoms with E-state index in [-0.39, 0.29) is 18.1 Å². The zero-order valence-electron chi connectivity index (χ0n) is 14.0. The molecule has 2 aromatic heterocycles. The Labute approximate surface area is 135 Å². The van der Waals surface area contributed by atoms with Crippen LogP contribution in [0.1, 0.15) is 41.1 Å². The van der Waals surface area contributed by atoms with Gasteiger partial charge in [0, 0.05) is 31.5 Å². The first-order valence-electron chi connectivity index (χ1n) is 7.83. The van der Waals surface area contributed by atoms with Crippen molar-refractivity contribution in [1.29, 1.82) is 0 Å². The molecule has 3 heterocycles. The first kappa shape index (κ1) is 15.7. The summed E-state index contributed by atoms with van der Waals surface area (Å²) in [4.78, 5) is 29.8. The molecule has 1 saturated heterocycles. The predicted molar refractivity (Wildman–Crippen MR) is 85.0 cm³/mol. The van der Waals surface area contributed by atoms with Crippen LogP contribution >= 0.6 is 0 Å². The van der Waals surface area contributed by atoms with E-state index < -0.39 is 0 Å². The number of aryl methyl sites for hydroxylation is 3. The molecular formula is C16H23N5O2. The lowest BCUT2D eigenvalue weighted by molar-refractivity contribution is -0.132. The fraction of sp³-hybridized carbons (Fsp3) is 0.562. The second-order valence-corrected chi connectivity index (χ2v) is 6.14. The monoisotopic (exact) mass is 317 g/mol. The zero-order valence-corrected chi connectivity index (χ0v) is 14.0. The second-order valence-electron chi connectivity index (χ2n) is 6.14. The molecule has 2 atom stereocenters. The molecule has 7 nitrogen and oxygen atoms in total. The number of hydrogen-bond donors (Lipinski definition) is 2. The number of likely N-dealkylation sites (tertiary alicyclic amines) is 1. The van der Waals surface area contributed by atoms with Crippen molar-refractivity contribution < 1.29 is 9.53 Å². The number of hydrogen-bond acceptors (Lipinski definition) is 4. The van der Waals surface area contributed by atoms with Crippen LogP contribution in [0, 0.1) is 20.8 Å². The van der Waals surface area contributed by atoms with Crippen LogP contribution in [-0.4, -0.2) is 50.5 Å². The molecule has 1 amide bonds. The minimum absolute atomic E-state index is 0.0370. The Balaban J connectivity index is 1.82. The van der Waals surface area contributed by atoms with E-state index in [4.69, 9.17) is 4.74 Å². The molecule has 23 heavy (non-hydrogen) atoms. The van der Waals surface area contributed by atoms with Crippen LogP contribution in [0.5, 0.6) is 0 Å². The number of carbonyl (C=O) groups excluding carboxylic acids is 1. The van der Waals surface area contributed by atoms with E-state index in [0.29, 0.717) is 13.0 Å². The number of nitrogens with zero attached hydrogens (tertiary/aromatic N) is 3. The normalized spacial score (nSPS) is 21.1. The Morgan fingerprint density at radius 2 is 2.17 bits per heavy atom. The highest BCUT2D eigenvalue weighted by Crippen LogP contribution is 2.32. The molecule has 0 unspecified atom stereocenters. The third kappa shape index (κ3) is 3.01. The summed E-state index contributed by atoms with van der Waals surface area (Å²) in [6, 6.07) is -0.0703. The largest absolute Gasteiger partial charge is 0.380 e. The van der Waals surface area contributed by atoms with E-state index in [2.05, 4.69) is 19.9 Å². The van der Waals surface area contributed by atoms with Crippen LogP contribution in [0.3, 0.4) is 0 Å². The molecule has 0 bridgehead atoms. The molecule has 0 spiro atoms. The first-order valence-corrected chi connectivity index (χ1v) is 7.83. The van der Waals surface area contributed by atoms with Gasteiger partial charge in [-0.3, -0.25) is 4.79 Å². The van der Waals surface area contributed by atoms with Gasteiger partial charge in [0.2, 0.25) is 5.91 Å². The topological polar surface area (TPSA) is 86.9 Å². The van der Waals surface area contributed by atoms with Crippen molar-refractivity contribution in [2.24, 2.45) is 0 Å². The Hall–Kier alpha value is -2.15. The Kier molecular flexibility index (Phi) is 4.21. The number of nitrogens with one attached hydrogen (secondary N) is 2. The number of ether oxygens (including phenoxy) is 1. The van der Waals surface area contributed by atoms with Gasteiger partial charge in [-0.05, 0) is 20.8 Å². The summed E-state index contributed by atoms with van der Waals surface area (Å²) in [5, 5.41) is 0. The molecule has 0 radical (unpaired) electrons. The van der Waals surface area contributed by atoms with Gasteiger partial charge in [-0.25, -0.2) is 9.97 Å². The molecule has 2 aromatic rings. The molecule has 1 aliphatic rings. The number of H-pyrrole nitrogens is 2.